The molecule has 0 atom stereocenters. The molecule has 12 heavy (non-hydrogen) atoms. The number of Topliss-reactive ketones (excluding diaryl/α,β-unsaturated/α-hetero) is 1. The zero-order valence-corrected chi connectivity index (χ0v) is 5.94. The zero-order chi connectivity index (χ0) is 8.97. The van der Waals surface area contributed by atoms with Crippen molar-refractivity contribution >= 4 is 12.0 Å². The zero-order valence-electron chi connectivity index (χ0n) is 5.94. The van der Waals surface area contributed by atoms with E-state index in [1.807, 2.05) is 0 Å². The summed E-state index contributed by atoms with van der Waals surface area (Å²) in [6.45, 7) is 0. The Kier molecular flexibility index (Phi) is 2.47. The quantitative estimate of drug-likeness (QED) is 0.234. The molecule has 0 aliphatic heterocycles. The SMILES string of the molecule is O=C(C=NO)c1ccnc(F)c1. The number of carbonyl (C=O) groups excluding carboxylic acids is 1. The van der Waals surface area contributed by atoms with Crippen LogP contribution in [-0.4, -0.2) is 22.2 Å². The Balaban J connectivity index is 2.96. The lowest BCUT2D eigenvalue weighted by Crippen LogP contribution is -2.01. The van der Waals surface area contributed by atoms with Crippen molar-refractivity contribution in [1.82, 2.24) is 4.98 Å². The van der Waals surface area contributed by atoms with Crippen LogP contribution in [0.1, 0.15) is 10.4 Å². The fourth-order valence-corrected chi connectivity index (χ4v) is 0.683. The van der Waals surface area contributed by atoms with Crippen LogP contribution < -0.4 is 0 Å². The molecule has 0 fully saturated rings. The lowest BCUT2D eigenvalue weighted by molar-refractivity contribution is 0.106. The highest BCUT2D eigenvalue weighted by Gasteiger charge is 2.03. The molecule has 0 aliphatic rings. The number of halogens is 1. The molecule has 1 aromatic heterocycles. The number of carbonyl (C=O) groups is 1. The van der Waals surface area contributed by atoms with Gasteiger partial charge in [-0.2, -0.15) is 4.39 Å². The van der Waals surface area contributed by atoms with E-state index >= 15 is 0 Å². The molecule has 1 N–H and O–H groups in total. The topological polar surface area (TPSA) is 62.5 Å². The molecular weight excluding hydrogens is 163 g/mol. The molecule has 0 radical (unpaired) electrons. The second kappa shape index (κ2) is 3.56. The summed E-state index contributed by atoms with van der Waals surface area (Å²) in [5.41, 5.74) is 0.0975. The smallest absolute Gasteiger partial charge is 0.213 e. The summed E-state index contributed by atoms with van der Waals surface area (Å²) >= 11 is 0. The molecule has 1 aromatic rings. The van der Waals surface area contributed by atoms with Gasteiger partial charge in [-0.3, -0.25) is 4.79 Å². The normalized spacial score (nSPS) is 10.4. The van der Waals surface area contributed by atoms with Crippen LogP contribution in [0.3, 0.4) is 0 Å². The molecule has 0 saturated heterocycles. The first kappa shape index (κ1) is 8.32. The van der Waals surface area contributed by atoms with Gasteiger partial charge in [0.25, 0.3) is 0 Å². The molecule has 0 bridgehead atoms. The molecule has 0 spiro atoms. The second-order valence-corrected chi connectivity index (χ2v) is 1.98. The van der Waals surface area contributed by atoms with Crippen molar-refractivity contribution in [3.63, 3.8) is 0 Å². The van der Waals surface area contributed by atoms with Crippen LogP contribution in [0.4, 0.5) is 4.39 Å². The number of hydrogen-bond donors (Lipinski definition) is 1. The van der Waals surface area contributed by atoms with Crippen molar-refractivity contribution in [2.24, 2.45) is 5.16 Å². The van der Waals surface area contributed by atoms with Crippen LogP contribution in [0, 0.1) is 5.95 Å². The number of hydrogen-bond acceptors (Lipinski definition) is 4. The maximum absolute atomic E-state index is 12.4. The lowest BCUT2D eigenvalue weighted by Gasteiger charge is -1.92. The Bertz CT molecular complexity index is 325. The predicted octanol–water partition coefficient (Wildman–Crippen LogP) is 0.863. The predicted molar refractivity (Wildman–Crippen MR) is 38.8 cm³/mol. The Labute approximate surface area is 67.4 Å². The third-order valence-electron chi connectivity index (χ3n) is 1.19. The minimum Gasteiger partial charge on any atom is -0.411 e. The van der Waals surface area contributed by atoms with E-state index in [2.05, 4.69) is 10.1 Å². The van der Waals surface area contributed by atoms with E-state index < -0.39 is 11.7 Å². The molecule has 0 aliphatic carbocycles. The summed E-state index contributed by atoms with van der Waals surface area (Å²) in [7, 11) is 0. The molecule has 0 aromatic carbocycles. The summed E-state index contributed by atoms with van der Waals surface area (Å²) in [5.74, 6) is -1.31. The van der Waals surface area contributed by atoms with Gasteiger partial charge in [0.2, 0.25) is 11.7 Å². The third kappa shape index (κ3) is 1.85. The summed E-state index contributed by atoms with van der Waals surface area (Å²) in [6, 6.07) is 2.29. The van der Waals surface area contributed by atoms with Crippen molar-refractivity contribution in [3.8, 4) is 0 Å². The van der Waals surface area contributed by atoms with E-state index in [4.69, 9.17) is 5.21 Å². The van der Waals surface area contributed by atoms with E-state index in [0.717, 1.165) is 12.3 Å². The standard InChI is InChI=1S/C7H5FN2O2/c8-7-3-5(1-2-9-7)6(11)4-10-12/h1-4,12H. The van der Waals surface area contributed by atoms with E-state index in [1.54, 1.807) is 0 Å². The fraction of sp³-hybridized carbons (Fsp3) is 0. The number of ketones is 1. The molecule has 5 heteroatoms. The Morgan fingerprint density at radius 2 is 2.50 bits per heavy atom. The van der Waals surface area contributed by atoms with Gasteiger partial charge >= 0.3 is 0 Å². The van der Waals surface area contributed by atoms with Crippen LogP contribution in [0.25, 0.3) is 0 Å². The van der Waals surface area contributed by atoms with Gasteiger partial charge in [-0.15, -0.1) is 0 Å². The van der Waals surface area contributed by atoms with Gasteiger partial charge in [0, 0.05) is 17.8 Å². The van der Waals surface area contributed by atoms with Crippen LogP contribution in [-0.2, 0) is 0 Å². The molecule has 1 rings (SSSR count). The highest BCUT2D eigenvalue weighted by Crippen LogP contribution is 1.99. The highest BCUT2D eigenvalue weighted by molar-refractivity contribution is 6.35. The molecule has 1 heterocycles. The average molecular weight is 168 g/mol. The Hall–Kier alpha value is -1.78. The monoisotopic (exact) mass is 168 g/mol. The maximum atomic E-state index is 12.4. The summed E-state index contributed by atoms with van der Waals surface area (Å²) in [6.07, 6.45) is 1.85. The van der Waals surface area contributed by atoms with Crippen LogP contribution in [0.2, 0.25) is 0 Å². The molecule has 0 unspecified atom stereocenters. The van der Waals surface area contributed by atoms with Gasteiger partial charge in [-0.05, 0) is 6.07 Å². The van der Waals surface area contributed by atoms with Crippen LogP contribution in [0.15, 0.2) is 23.5 Å². The van der Waals surface area contributed by atoms with E-state index in [1.165, 1.54) is 6.07 Å². The van der Waals surface area contributed by atoms with Gasteiger partial charge in [-0.25, -0.2) is 4.98 Å². The van der Waals surface area contributed by atoms with Crippen molar-refractivity contribution < 1.29 is 14.4 Å². The van der Waals surface area contributed by atoms with Gasteiger partial charge < -0.3 is 5.21 Å². The molecular formula is C7H5FN2O2. The van der Waals surface area contributed by atoms with Crippen LogP contribution >= 0.6 is 0 Å². The van der Waals surface area contributed by atoms with E-state index in [0.29, 0.717) is 6.21 Å². The first-order valence-electron chi connectivity index (χ1n) is 3.07. The van der Waals surface area contributed by atoms with E-state index in [9.17, 15) is 9.18 Å². The van der Waals surface area contributed by atoms with E-state index in [-0.39, 0.29) is 5.56 Å². The minimum atomic E-state index is -0.743. The first-order chi connectivity index (χ1) is 5.74. The van der Waals surface area contributed by atoms with Crippen molar-refractivity contribution in [1.29, 1.82) is 0 Å². The van der Waals surface area contributed by atoms with Gasteiger partial charge in [-0.1, -0.05) is 5.16 Å². The second-order valence-electron chi connectivity index (χ2n) is 1.98. The average Bonchev–Trinajstić information content (AvgIpc) is 2.05. The number of aromatic nitrogens is 1. The molecule has 0 saturated carbocycles. The molecule has 0 amide bonds. The summed E-state index contributed by atoms with van der Waals surface area (Å²) in [4.78, 5) is 14.1. The summed E-state index contributed by atoms with van der Waals surface area (Å²) < 4.78 is 12.4. The van der Waals surface area contributed by atoms with Crippen molar-refractivity contribution in [2.45, 2.75) is 0 Å². The number of rotatable bonds is 2. The van der Waals surface area contributed by atoms with Crippen molar-refractivity contribution in [2.75, 3.05) is 0 Å². The van der Waals surface area contributed by atoms with Gasteiger partial charge in [0.05, 0.1) is 0 Å². The summed E-state index contributed by atoms with van der Waals surface area (Å²) in [5, 5.41) is 10.5. The Morgan fingerprint density at radius 1 is 1.75 bits per heavy atom. The number of oxime groups is 1. The number of pyridine rings is 1. The number of nitrogens with zero attached hydrogens (tertiary/aromatic N) is 2. The van der Waals surface area contributed by atoms with Crippen molar-refractivity contribution in [3.05, 3.63) is 29.8 Å². The Morgan fingerprint density at radius 3 is 3.08 bits per heavy atom. The first-order valence-corrected chi connectivity index (χ1v) is 3.07. The third-order valence-corrected chi connectivity index (χ3v) is 1.19. The molecule has 62 valence electrons. The largest absolute Gasteiger partial charge is 0.411 e. The van der Waals surface area contributed by atoms with Crippen LogP contribution in [0.5, 0.6) is 0 Å². The molecule has 4 nitrogen and oxygen atoms in total. The van der Waals surface area contributed by atoms with Gasteiger partial charge in [0.15, 0.2) is 0 Å². The highest BCUT2D eigenvalue weighted by atomic mass is 19.1. The minimum absolute atomic E-state index is 0.0975. The maximum Gasteiger partial charge on any atom is 0.213 e. The lowest BCUT2D eigenvalue weighted by atomic mass is 10.2. The fourth-order valence-electron chi connectivity index (χ4n) is 0.683. The van der Waals surface area contributed by atoms with Gasteiger partial charge in [0.1, 0.15) is 6.21 Å².